The van der Waals surface area contributed by atoms with Gasteiger partial charge in [-0.2, -0.15) is 5.10 Å². The zero-order valence-corrected chi connectivity index (χ0v) is 9.43. The smallest absolute Gasteiger partial charge is 0.170 e. The van der Waals surface area contributed by atoms with E-state index in [0.717, 1.165) is 12.1 Å². The van der Waals surface area contributed by atoms with Gasteiger partial charge in [-0.05, 0) is 25.5 Å². The number of ketones is 1. The maximum absolute atomic E-state index is 11.9. The molecule has 0 aromatic carbocycles. The zero-order chi connectivity index (χ0) is 11.5. The quantitative estimate of drug-likeness (QED) is 0.739. The van der Waals surface area contributed by atoms with Gasteiger partial charge in [0.2, 0.25) is 0 Å². The molecule has 0 spiro atoms. The van der Waals surface area contributed by atoms with E-state index < -0.39 is 0 Å². The molecule has 0 atom stereocenters. The van der Waals surface area contributed by atoms with Crippen LogP contribution in [-0.4, -0.2) is 15.6 Å². The number of aryl methyl sites for hydroxylation is 2. The number of furan rings is 1. The predicted molar refractivity (Wildman–Crippen MR) is 59.4 cm³/mol. The largest absolute Gasteiger partial charge is 0.469 e. The molecule has 0 amide bonds. The first kappa shape index (κ1) is 10.7. The summed E-state index contributed by atoms with van der Waals surface area (Å²) < 4.78 is 6.92. The number of rotatable bonds is 4. The Kier molecular flexibility index (Phi) is 2.90. The molecule has 0 aliphatic rings. The van der Waals surface area contributed by atoms with Crippen LogP contribution in [0.3, 0.4) is 0 Å². The van der Waals surface area contributed by atoms with E-state index in [2.05, 4.69) is 5.10 Å². The van der Waals surface area contributed by atoms with Crippen LogP contribution >= 0.6 is 0 Å². The van der Waals surface area contributed by atoms with E-state index in [1.54, 1.807) is 19.2 Å². The molecule has 2 aromatic heterocycles. The standard InChI is InChI=1S/C12H14N2O2/c1-3-14-8-10(7-13-14)6-12(15)11-4-5-16-9(11)2/h4-5,7-8H,3,6H2,1-2H3. The van der Waals surface area contributed by atoms with Gasteiger partial charge in [0.05, 0.1) is 18.0 Å². The molecular formula is C12H14N2O2. The lowest BCUT2D eigenvalue weighted by molar-refractivity contribution is 0.0991. The molecule has 2 heterocycles. The van der Waals surface area contributed by atoms with Gasteiger partial charge in [0.15, 0.2) is 5.78 Å². The monoisotopic (exact) mass is 218 g/mol. The van der Waals surface area contributed by atoms with Crippen molar-refractivity contribution in [2.45, 2.75) is 26.8 Å². The average molecular weight is 218 g/mol. The van der Waals surface area contributed by atoms with Gasteiger partial charge in [0.1, 0.15) is 5.76 Å². The van der Waals surface area contributed by atoms with Crippen molar-refractivity contribution in [1.82, 2.24) is 9.78 Å². The highest BCUT2D eigenvalue weighted by Gasteiger charge is 2.12. The predicted octanol–water partition coefficient (Wildman–Crippen LogP) is 2.23. The first-order chi connectivity index (χ1) is 7.70. The van der Waals surface area contributed by atoms with Crippen molar-refractivity contribution in [2.24, 2.45) is 0 Å². The van der Waals surface area contributed by atoms with Crippen molar-refractivity contribution in [3.63, 3.8) is 0 Å². The number of aromatic nitrogens is 2. The molecule has 0 aliphatic heterocycles. The molecule has 0 N–H and O–H groups in total. The van der Waals surface area contributed by atoms with Crippen molar-refractivity contribution in [3.05, 3.63) is 41.6 Å². The minimum atomic E-state index is 0.0712. The van der Waals surface area contributed by atoms with E-state index >= 15 is 0 Å². The molecule has 4 nitrogen and oxygen atoms in total. The van der Waals surface area contributed by atoms with Gasteiger partial charge in [-0.1, -0.05) is 0 Å². The highest BCUT2D eigenvalue weighted by Crippen LogP contribution is 2.12. The highest BCUT2D eigenvalue weighted by molar-refractivity contribution is 5.98. The summed E-state index contributed by atoms with van der Waals surface area (Å²) in [4.78, 5) is 11.9. The van der Waals surface area contributed by atoms with Crippen LogP contribution in [-0.2, 0) is 13.0 Å². The van der Waals surface area contributed by atoms with Crippen molar-refractivity contribution in [2.75, 3.05) is 0 Å². The summed E-state index contributed by atoms with van der Waals surface area (Å²) in [6.07, 6.45) is 5.54. The van der Waals surface area contributed by atoms with Crippen LogP contribution in [0.25, 0.3) is 0 Å². The third kappa shape index (κ3) is 2.05. The molecule has 0 unspecified atom stereocenters. The summed E-state index contributed by atoms with van der Waals surface area (Å²) in [7, 11) is 0. The van der Waals surface area contributed by atoms with Gasteiger partial charge in [-0.3, -0.25) is 9.48 Å². The summed E-state index contributed by atoms with van der Waals surface area (Å²) in [5, 5.41) is 4.13. The number of hydrogen-bond acceptors (Lipinski definition) is 3. The Balaban J connectivity index is 2.11. The summed E-state index contributed by atoms with van der Waals surface area (Å²) in [6, 6.07) is 1.71. The molecule has 84 valence electrons. The van der Waals surface area contributed by atoms with Crippen molar-refractivity contribution >= 4 is 5.78 Å². The highest BCUT2D eigenvalue weighted by atomic mass is 16.3. The fourth-order valence-electron chi connectivity index (χ4n) is 1.63. The van der Waals surface area contributed by atoms with E-state index in [1.165, 1.54) is 6.26 Å². The first-order valence-electron chi connectivity index (χ1n) is 5.29. The maximum atomic E-state index is 11.9. The molecule has 0 saturated heterocycles. The van der Waals surface area contributed by atoms with Crippen molar-refractivity contribution in [3.8, 4) is 0 Å². The van der Waals surface area contributed by atoms with E-state index in [9.17, 15) is 4.79 Å². The molecule has 0 aliphatic carbocycles. The molecule has 2 aromatic rings. The lowest BCUT2D eigenvalue weighted by atomic mass is 10.1. The molecule has 4 heteroatoms. The maximum Gasteiger partial charge on any atom is 0.170 e. The van der Waals surface area contributed by atoms with E-state index in [1.807, 2.05) is 17.8 Å². The van der Waals surface area contributed by atoms with Gasteiger partial charge >= 0.3 is 0 Å². The van der Waals surface area contributed by atoms with Gasteiger partial charge < -0.3 is 4.42 Å². The Morgan fingerprint density at radius 3 is 2.94 bits per heavy atom. The second kappa shape index (κ2) is 4.35. The topological polar surface area (TPSA) is 48.0 Å². The van der Waals surface area contributed by atoms with Crippen LogP contribution in [0.5, 0.6) is 0 Å². The molecule has 0 fully saturated rings. The second-order valence-electron chi connectivity index (χ2n) is 3.69. The molecule has 0 bridgehead atoms. The first-order valence-corrected chi connectivity index (χ1v) is 5.29. The minimum absolute atomic E-state index is 0.0712. The number of hydrogen-bond donors (Lipinski definition) is 0. The molecule has 0 saturated carbocycles. The third-order valence-electron chi connectivity index (χ3n) is 2.53. The van der Waals surface area contributed by atoms with Crippen LogP contribution in [0.2, 0.25) is 0 Å². The summed E-state index contributed by atoms with van der Waals surface area (Å²) in [6.45, 7) is 4.63. The van der Waals surface area contributed by atoms with Crippen LogP contribution < -0.4 is 0 Å². The van der Waals surface area contributed by atoms with Crippen LogP contribution in [0.4, 0.5) is 0 Å². The van der Waals surface area contributed by atoms with E-state index in [4.69, 9.17) is 4.42 Å². The van der Waals surface area contributed by atoms with Crippen molar-refractivity contribution in [1.29, 1.82) is 0 Å². The number of nitrogens with zero attached hydrogens (tertiary/aromatic N) is 2. The minimum Gasteiger partial charge on any atom is -0.469 e. The Morgan fingerprint density at radius 1 is 1.56 bits per heavy atom. The Morgan fingerprint density at radius 2 is 2.38 bits per heavy atom. The van der Waals surface area contributed by atoms with Gasteiger partial charge in [-0.25, -0.2) is 0 Å². The van der Waals surface area contributed by atoms with Gasteiger partial charge in [-0.15, -0.1) is 0 Å². The second-order valence-corrected chi connectivity index (χ2v) is 3.69. The van der Waals surface area contributed by atoms with Crippen LogP contribution in [0.15, 0.2) is 29.1 Å². The molecule has 16 heavy (non-hydrogen) atoms. The van der Waals surface area contributed by atoms with Gasteiger partial charge in [0.25, 0.3) is 0 Å². The summed E-state index contributed by atoms with van der Waals surface area (Å²) >= 11 is 0. The number of carbonyl (C=O) groups excluding carboxylic acids is 1. The summed E-state index contributed by atoms with van der Waals surface area (Å²) in [5.41, 5.74) is 1.59. The number of carbonyl (C=O) groups is 1. The molecule has 2 rings (SSSR count). The SMILES string of the molecule is CCn1cc(CC(=O)c2ccoc2C)cn1. The fraction of sp³-hybridized carbons (Fsp3) is 0.333. The zero-order valence-electron chi connectivity index (χ0n) is 9.43. The lowest BCUT2D eigenvalue weighted by Gasteiger charge is -1.96. The molecule has 0 radical (unpaired) electrons. The average Bonchev–Trinajstić information content (AvgIpc) is 2.86. The lowest BCUT2D eigenvalue weighted by Crippen LogP contribution is -2.03. The van der Waals surface area contributed by atoms with E-state index in [-0.39, 0.29) is 5.78 Å². The van der Waals surface area contributed by atoms with E-state index in [0.29, 0.717) is 17.7 Å². The third-order valence-corrected chi connectivity index (χ3v) is 2.53. The normalized spacial score (nSPS) is 10.6. The Labute approximate surface area is 93.9 Å². The van der Waals surface area contributed by atoms with Crippen LogP contribution in [0, 0.1) is 6.92 Å². The fourth-order valence-corrected chi connectivity index (χ4v) is 1.63. The Hall–Kier alpha value is -1.84. The summed E-state index contributed by atoms with van der Waals surface area (Å²) in [5.74, 6) is 0.745. The van der Waals surface area contributed by atoms with Crippen LogP contribution in [0.1, 0.15) is 28.6 Å². The Bertz CT molecular complexity index is 497. The number of Topliss-reactive ketones (excluding diaryl/α,β-unsaturated/α-hetero) is 1. The van der Waals surface area contributed by atoms with Gasteiger partial charge in [0, 0.05) is 19.2 Å². The molecular weight excluding hydrogens is 204 g/mol. The van der Waals surface area contributed by atoms with Crippen molar-refractivity contribution < 1.29 is 9.21 Å².